The zero-order valence-electron chi connectivity index (χ0n) is 12.9. The molecule has 0 amide bonds. The molecule has 0 fully saturated rings. The Morgan fingerprint density at radius 3 is 2.48 bits per heavy atom. The van der Waals surface area contributed by atoms with Crippen LogP contribution in [0.2, 0.25) is 0 Å². The summed E-state index contributed by atoms with van der Waals surface area (Å²) in [6.45, 7) is 4.46. The van der Waals surface area contributed by atoms with Gasteiger partial charge in [-0.1, -0.05) is 12.1 Å². The summed E-state index contributed by atoms with van der Waals surface area (Å²) in [5, 5.41) is 13.1. The first-order valence-electron chi connectivity index (χ1n) is 6.80. The summed E-state index contributed by atoms with van der Waals surface area (Å²) in [7, 11) is 3.26. The Hall–Kier alpha value is -2.36. The topological polar surface area (TPSA) is 50.7 Å². The van der Waals surface area contributed by atoms with Crippen LogP contribution in [-0.4, -0.2) is 19.3 Å². The SMILES string of the molecule is COc1cccc(CNc2cc(C)c(O)cc2C)c1OC. The number of phenols is 1. The molecule has 0 unspecified atom stereocenters. The van der Waals surface area contributed by atoms with Crippen molar-refractivity contribution in [2.75, 3.05) is 19.5 Å². The van der Waals surface area contributed by atoms with Crippen molar-refractivity contribution in [2.45, 2.75) is 20.4 Å². The number of anilines is 1. The fourth-order valence-corrected chi connectivity index (χ4v) is 2.27. The average Bonchev–Trinajstić information content (AvgIpc) is 2.49. The third-order valence-corrected chi connectivity index (χ3v) is 3.50. The molecule has 0 aliphatic carbocycles. The summed E-state index contributed by atoms with van der Waals surface area (Å²) in [5.41, 5.74) is 3.86. The zero-order valence-corrected chi connectivity index (χ0v) is 12.9. The van der Waals surface area contributed by atoms with Crippen molar-refractivity contribution >= 4 is 5.69 Å². The molecule has 0 spiro atoms. The normalized spacial score (nSPS) is 10.3. The number of aromatic hydroxyl groups is 1. The van der Waals surface area contributed by atoms with Gasteiger partial charge in [0.15, 0.2) is 11.5 Å². The fraction of sp³-hybridized carbons (Fsp3) is 0.294. The molecule has 4 heteroatoms. The van der Waals surface area contributed by atoms with Crippen LogP contribution in [0.15, 0.2) is 30.3 Å². The highest BCUT2D eigenvalue weighted by Gasteiger charge is 2.10. The molecular formula is C17H21NO3. The van der Waals surface area contributed by atoms with Gasteiger partial charge in [0.25, 0.3) is 0 Å². The number of hydrogen-bond acceptors (Lipinski definition) is 4. The molecule has 4 nitrogen and oxygen atoms in total. The second kappa shape index (κ2) is 6.39. The highest BCUT2D eigenvalue weighted by atomic mass is 16.5. The first kappa shape index (κ1) is 15.0. The van der Waals surface area contributed by atoms with E-state index < -0.39 is 0 Å². The van der Waals surface area contributed by atoms with Crippen molar-refractivity contribution in [1.82, 2.24) is 0 Å². The van der Waals surface area contributed by atoms with E-state index in [2.05, 4.69) is 5.32 Å². The minimum atomic E-state index is 0.317. The van der Waals surface area contributed by atoms with Gasteiger partial charge < -0.3 is 19.9 Å². The quantitative estimate of drug-likeness (QED) is 0.824. The summed E-state index contributed by atoms with van der Waals surface area (Å²) >= 11 is 0. The number of nitrogens with one attached hydrogen (secondary N) is 1. The summed E-state index contributed by atoms with van der Waals surface area (Å²) in [5.74, 6) is 1.77. The van der Waals surface area contributed by atoms with E-state index in [1.807, 2.05) is 38.1 Å². The first-order valence-corrected chi connectivity index (χ1v) is 6.80. The highest BCUT2D eigenvalue weighted by molar-refractivity contribution is 5.57. The van der Waals surface area contributed by atoms with Crippen LogP contribution in [0.25, 0.3) is 0 Å². The van der Waals surface area contributed by atoms with E-state index >= 15 is 0 Å². The Morgan fingerprint density at radius 2 is 1.81 bits per heavy atom. The molecule has 0 aliphatic rings. The summed E-state index contributed by atoms with van der Waals surface area (Å²) in [6, 6.07) is 9.51. The van der Waals surface area contributed by atoms with Gasteiger partial charge in [-0.2, -0.15) is 0 Å². The number of methoxy groups -OCH3 is 2. The average molecular weight is 287 g/mol. The van der Waals surface area contributed by atoms with Gasteiger partial charge in [0.2, 0.25) is 0 Å². The van der Waals surface area contributed by atoms with Gasteiger partial charge >= 0.3 is 0 Å². The fourth-order valence-electron chi connectivity index (χ4n) is 2.27. The van der Waals surface area contributed by atoms with Crippen LogP contribution < -0.4 is 14.8 Å². The number of rotatable bonds is 5. The molecule has 2 N–H and O–H groups in total. The van der Waals surface area contributed by atoms with Crippen LogP contribution in [-0.2, 0) is 6.54 Å². The van der Waals surface area contributed by atoms with E-state index in [0.717, 1.165) is 33.9 Å². The molecule has 0 aromatic heterocycles. The van der Waals surface area contributed by atoms with E-state index in [4.69, 9.17) is 9.47 Å². The standard InChI is InChI=1S/C17H21NO3/c1-11-9-15(19)12(2)8-14(11)18-10-13-6-5-7-16(20-3)17(13)21-4/h5-9,18-19H,10H2,1-4H3. The maximum Gasteiger partial charge on any atom is 0.165 e. The third kappa shape index (κ3) is 3.21. The van der Waals surface area contributed by atoms with Crippen molar-refractivity contribution in [3.05, 3.63) is 47.0 Å². The monoisotopic (exact) mass is 287 g/mol. The van der Waals surface area contributed by atoms with Crippen molar-refractivity contribution in [3.63, 3.8) is 0 Å². The summed E-state index contributed by atoms with van der Waals surface area (Å²) in [4.78, 5) is 0. The van der Waals surface area contributed by atoms with Crippen LogP contribution >= 0.6 is 0 Å². The van der Waals surface area contributed by atoms with Crippen LogP contribution in [0.3, 0.4) is 0 Å². The lowest BCUT2D eigenvalue weighted by molar-refractivity contribution is 0.352. The van der Waals surface area contributed by atoms with Crippen LogP contribution in [0.1, 0.15) is 16.7 Å². The molecule has 0 heterocycles. The molecule has 21 heavy (non-hydrogen) atoms. The molecule has 0 bridgehead atoms. The summed E-state index contributed by atoms with van der Waals surface area (Å²) < 4.78 is 10.7. The number of hydrogen-bond donors (Lipinski definition) is 2. The number of para-hydroxylation sites is 1. The predicted molar refractivity (Wildman–Crippen MR) is 84.5 cm³/mol. The Morgan fingerprint density at radius 1 is 1.05 bits per heavy atom. The molecule has 0 radical (unpaired) electrons. The second-order valence-corrected chi connectivity index (χ2v) is 4.96. The Bertz CT molecular complexity index is 638. The molecule has 0 saturated carbocycles. The number of benzene rings is 2. The number of aryl methyl sites for hydroxylation is 2. The molecule has 2 rings (SSSR count). The zero-order chi connectivity index (χ0) is 15.4. The lowest BCUT2D eigenvalue weighted by Crippen LogP contribution is -2.04. The van der Waals surface area contributed by atoms with E-state index in [1.54, 1.807) is 20.3 Å². The molecule has 0 saturated heterocycles. The second-order valence-electron chi connectivity index (χ2n) is 4.96. The molecule has 2 aromatic carbocycles. The smallest absolute Gasteiger partial charge is 0.165 e. The first-order chi connectivity index (χ1) is 10.1. The number of ether oxygens (including phenoxy) is 2. The highest BCUT2D eigenvalue weighted by Crippen LogP contribution is 2.32. The van der Waals surface area contributed by atoms with E-state index in [9.17, 15) is 5.11 Å². The van der Waals surface area contributed by atoms with Gasteiger partial charge in [0.1, 0.15) is 5.75 Å². The van der Waals surface area contributed by atoms with Crippen LogP contribution in [0, 0.1) is 13.8 Å². The molecular weight excluding hydrogens is 266 g/mol. The Labute approximate surface area is 125 Å². The lowest BCUT2D eigenvalue weighted by Gasteiger charge is -2.15. The largest absolute Gasteiger partial charge is 0.508 e. The van der Waals surface area contributed by atoms with Crippen LogP contribution in [0.5, 0.6) is 17.2 Å². The van der Waals surface area contributed by atoms with Crippen LogP contribution in [0.4, 0.5) is 5.69 Å². The minimum Gasteiger partial charge on any atom is -0.508 e. The Kier molecular flexibility index (Phi) is 4.58. The maximum absolute atomic E-state index is 9.70. The van der Waals surface area contributed by atoms with Gasteiger partial charge in [0.05, 0.1) is 14.2 Å². The van der Waals surface area contributed by atoms with E-state index in [1.165, 1.54) is 0 Å². The van der Waals surface area contributed by atoms with Gasteiger partial charge in [-0.05, 0) is 43.2 Å². The van der Waals surface area contributed by atoms with E-state index in [0.29, 0.717) is 12.3 Å². The maximum atomic E-state index is 9.70. The third-order valence-electron chi connectivity index (χ3n) is 3.50. The Balaban J connectivity index is 2.22. The molecule has 0 aliphatic heterocycles. The molecule has 2 aromatic rings. The van der Waals surface area contributed by atoms with Crippen molar-refractivity contribution in [1.29, 1.82) is 0 Å². The van der Waals surface area contributed by atoms with Crippen molar-refractivity contribution < 1.29 is 14.6 Å². The van der Waals surface area contributed by atoms with Crippen molar-refractivity contribution in [3.8, 4) is 17.2 Å². The lowest BCUT2D eigenvalue weighted by atomic mass is 10.1. The van der Waals surface area contributed by atoms with Crippen molar-refractivity contribution in [2.24, 2.45) is 0 Å². The van der Waals surface area contributed by atoms with Gasteiger partial charge in [-0.25, -0.2) is 0 Å². The summed E-state index contributed by atoms with van der Waals surface area (Å²) in [6.07, 6.45) is 0. The molecule has 0 atom stereocenters. The van der Waals surface area contributed by atoms with Gasteiger partial charge in [-0.15, -0.1) is 0 Å². The molecule has 112 valence electrons. The van der Waals surface area contributed by atoms with Gasteiger partial charge in [-0.3, -0.25) is 0 Å². The number of phenolic OH excluding ortho intramolecular Hbond substituents is 1. The van der Waals surface area contributed by atoms with Gasteiger partial charge in [0, 0.05) is 17.8 Å². The van der Waals surface area contributed by atoms with E-state index in [-0.39, 0.29) is 0 Å². The minimum absolute atomic E-state index is 0.317. The predicted octanol–water partition coefficient (Wildman–Crippen LogP) is 3.64.